The molecule has 0 spiro atoms. The van der Waals surface area contributed by atoms with Gasteiger partial charge in [0.15, 0.2) is 0 Å². The molecule has 8 nitrogen and oxygen atoms in total. The maximum atomic E-state index is 9.86. The molecule has 1 aromatic carbocycles. The Hall–Kier alpha value is -3.60. The van der Waals surface area contributed by atoms with Gasteiger partial charge in [-0.15, -0.1) is 5.10 Å². The first-order valence-electron chi connectivity index (χ1n) is 9.50. The number of allylic oxidation sites excluding steroid dienone is 1. The third-order valence-electron chi connectivity index (χ3n) is 5.03. The molecule has 0 amide bonds. The third kappa shape index (κ3) is 3.05. The number of rotatable bonds is 3. The van der Waals surface area contributed by atoms with Crippen molar-refractivity contribution in [1.82, 2.24) is 24.8 Å². The zero-order valence-corrected chi connectivity index (χ0v) is 16.9. The number of hydrogen-bond acceptors (Lipinski definition) is 6. The topological polar surface area (TPSA) is 108 Å². The summed E-state index contributed by atoms with van der Waals surface area (Å²) in [6.07, 6.45) is 3.41. The van der Waals surface area contributed by atoms with Crippen molar-refractivity contribution in [2.75, 3.05) is 0 Å². The molecule has 148 valence electrons. The van der Waals surface area contributed by atoms with E-state index in [1.54, 1.807) is 17.1 Å². The van der Waals surface area contributed by atoms with Crippen LogP contribution in [0, 0.1) is 11.3 Å². The standard InChI is InChI=1S/C21H23N7O/c1-5-27-20-17(18(25-27)21(2,3)4)16(15(12-22)19(23)29-20)13-6-8-14(9-7-13)28-11-10-24-26-28/h6-11,16H,5,23H2,1-4H3. The number of ether oxygens (including phenoxy) is 1. The summed E-state index contributed by atoms with van der Waals surface area (Å²) in [6, 6.07) is 10.1. The van der Waals surface area contributed by atoms with Gasteiger partial charge in [0.25, 0.3) is 0 Å². The Morgan fingerprint density at radius 3 is 2.52 bits per heavy atom. The summed E-state index contributed by atoms with van der Waals surface area (Å²) in [5, 5.41) is 22.5. The minimum atomic E-state index is -0.344. The van der Waals surface area contributed by atoms with Gasteiger partial charge in [-0.1, -0.05) is 38.1 Å². The molecule has 1 aliphatic rings. The van der Waals surface area contributed by atoms with Gasteiger partial charge in [0.2, 0.25) is 11.8 Å². The molecule has 4 rings (SSSR count). The molecule has 2 aromatic heterocycles. The molecule has 0 bridgehead atoms. The fourth-order valence-electron chi connectivity index (χ4n) is 3.66. The first-order chi connectivity index (χ1) is 13.8. The average molecular weight is 389 g/mol. The largest absolute Gasteiger partial charge is 0.422 e. The van der Waals surface area contributed by atoms with E-state index in [9.17, 15) is 5.26 Å². The van der Waals surface area contributed by atoms with Crippen LogP contribution in [-0.4, -0.2) is 24.8 Å². The van der Waals surface area contributed by atoms with E-state index in [0.717, 1.165) is 22.5 Å². The second-order valence-electron chi connectivity index (χ2n) is 8.00. The lowest BCUT2D eigenvalue weighted by Crippen LogP contribution is -2.24. The number of nitrogens with zero attached hydrogens (tertiary/aromatic N) is 6. The van der Waals surface area contributed by atoms with E-state index in [-0.39, 0.29) is 17.2 Å². The molecule has 1 atom stereocenters. The fourth-order valence-corrected chi connectivity index (χ4v) is 3.66. The number of nitrogens with two attached hydrogens (primary N) is 1. The van der Waals surface area contributed by atoms with Crippen molar-refractivity contribution in [2.24, 2.45) is 5.73 Å². The van der Waals surface area contributed by atoms with E-state index in [4.69, 9.17) is 15.6 Å². The van der Waals surface area contributed by atoms with Crippen molar-refractivity contribution < 1.29 is 4.74 Å². The Morgan fingerprint density at radius 1 is 1.24 bits per heavy atom. The number of benzene rings is 1. The van der Waals surface area contributed by atoms with Gasteiger partial charge in [-0.3, -0.25) is 0 Å². The molecule has 2 N–H and O–H groups in total. The lowest BCUT2D eigenvalue weighted by atomic mass is 9.79. The van der Waals surface area contributed by atoms with Crippen molar-refractivity contribution in [2.45, 2.75) is 45.6 Å². The SMILES string of the molecule is CCn1nc(C(C)(C)C)c2c1OC(N)=C(C#N)C2c1ccc(-n2ccnn2)cc1. The van der Waals surface area contributed by atoms with Crippen molar-refractivity contribution in [3.8, 4) is 17.6 Å². The Kier molecular flexibility index (Phi) is 4.38. The highest BCUT2D eigenvalue weighted by Crippen LogP contribution is 2.46. The Labute approximate surface area is 169 Å². The molecular weight excluding hydrogens is 366 g/mol. The molecule has 3 heterocycles. The molecular formula is C21H23N7O. The predicted octanol–water partition coefficient (Wildman–Crippen LogP) is 3.00. The van der Waals surface area contributed by atoms with E-state index < -0.39 is 0 Å². The number of aryl methyl sites for hydroxylation is 1. The fraction of sp³-hybridized carbons (Fsp3) is 0.333. The Morgan fingerprint density at radius 2 is 1.97 bits per heavy atom. The normalized spacial score (nSPS) is 16.3. The average Bonchev–Trinajstić information content (AvgIpc) is 3.34. The van der Waals surface area contributed by atoms with E-state index in [2.05, 4.69) is 37.2 Å². The van der Waals surface area contributed by atoms with E-state index in [1.165, 1.54) is 0 Å². The van der Waals surface area contributed by atoms with E-state index >= 15 is 0 Å². The molecule has 29 heavy (non-hydrogen) atoms. The van der Waals surface area contributed by atoms with Crippen LogP contribution < -0.4 is 10.5 Å². The minimum absolute atomic E-state index is 0.125. The van der Waals surface area contributed by atoms with E-state index in [0.29, 0.717) is 18.0 Å². The third-order valence-corrected chi connectivity index (χ3v) is 5.03. The molecule has 8 heteroatoms. The zero-order chi connectivity index (χ0) is 20.8. The van der Waals surface area contributed by atoms with Crippen molar-refractivity contribution in [1.29, 1.82) is 5.26 Å². The maximum absolute atomic E-state index is 9.86. The van der Waals surface area contributed by atoms with Gasteiger partial charge in [0.1, 0.15) is 11.6 Å². The summed E-state index contributed by atoms with van der Waals surface area (Å²) in [7, 11) is 0. The molecule has 1 unspecified atom stereocenters. The molecule has 0 aliphatic carbocycles. The summed E-state index contributed by atoms with van der Waals surface area (Å²) in [5.74, 6) is 0.391. The van der Waals surface area contributed by atoms with E-state index in [1.807, 2.05) is 35.9 Å². The number of fused-ring (bicyclic) bond motifs is 1. The molecule has 0 radical (unpaired) electrons. The van der Waals surface area contributed by atoms with Gasteiger partial charge < -0.3 is 10.5 Å². The molecule has 0 fully saturated rings. The van der Waals surface area contributed by atoms with Crippen LogP contribution in [0.2, 0.25) is 0 Å². The van der Waals surface area contributed by atoms with Crippen molar-refractivity contribution in [3.05, 3.63) is 64.9 Å². The second-order valence-corrected chi connectivity index (χ2v) is 8.00. The minimum Gasteiger partial charge on any atom is -0.422 e. The summed E-state index contributed by atoms with van der Waals surface area (Å²) in [4.78, 5) is 0. The van der Waals surface area contributed by atoms with Crippen LogP contribution in [0.4, 0.5) is 0 Å². The lowest BCUT2D eigenvalue weighted by molar-refractivity contribution is 0.350. The van der Waals surface area contributed by atoms with Crippen LogP contribution in [0.25, 0.3) is 5.69 Å². The van der Waals surface area contributed by atoms with Gasteiger partial charge in [-0.25, -0.2) is 9.36 Å². The Bertz CT molecular complexity index is 1110. The summed E-state index contributed by atoms with van der Waals surface area (Å²) in [6.45, 7) is 8.97. The van der Waals surface area contributed by atoms with Gasteiger partial charge >= 0.3 is 0 Å². The maximum Gasteiger partial charge on any atom is 0.224 e. The first kappa shape index (κ1) is 18.7. The highest BCUT2D eigenvalue weighted by molar-refractivity contribution is 5.57. The van der Waals surface area contributed by atoms with Gasteiger partial charge in [0.05, 0.1) is 35.3 Å². The second kappa shape index (κ2) is 6.78. The zero-order valence-electron chi connectivity index (χ0n) is 16.9. The van der Waals surface area contributed by atoms with Gasteiger partial charge in [-0.2, -0.15) is 10.4 Å². The highest BCUT2D eigenvalue weighted by atomic mass is 16.5. The van der Waals surface area contributed by atoms with Crippen LogP contribution in [0.3, 0.4) is 0 Å². The van der Waals surface area contributed by atoms with Crippen LogP contribution in [0.5, 0.6) is 5.88 Å². The molecule has 3 aromatic rings. The monoisotopic (exact) mass is 389 g/mol. The first-order valence-corrected chi connectivity index (χ1v) is 9.50. The number of nitriles is 1. The van der Waals surface area contributed by atoms with Gasteiger partial charge in [0, 0.05) is 12.0 Å². The molecule has 0 saturated heterocycles. The smallest absolute Gasteiger partial charge is 0.224 e. The predicted molar refractivity (Wildman–Crippen MR) is 107 cm³/mol. The number of aromatic nitrogens is 5. The molecule has 0 saturated carbocycles. The van der Waals surface area contributed by atoms with Gasteiger partial charge in [-0.05, 0) is 24.6 Å². The van der Waals surface area contributed by atoms with Crippen LogP contribution in [-0.2, 0) is 12.0 Å². The summed E-state index contributed by atoms with van der Waals surface area (Å²) in [5.41, 5.74) is 9.96. The Balaban J connectivity index is 1.91. The highest BCUT2D eigenvalue weighted by Gasteiger charge is 2.39. The van der Waals surface area contributed by atoms with Crippen molar-refractivity contribution >= 4 is 0 Å². The quantitative estimate of drug-likeness (QED) is 0.738. The molecule has 1 aliphatic heterocycles. The van der Waals surface area contributed by atoms with Crippen LogP contribution >= 0.6 is 0 Å². The van der Waals surface area contributed by atoms with Crippen LogP contribution in [0.15, 0.2) is 48.1 Å². The van der Waals surface area contributed by atoms with Crippen molar-refractivity contribution in [3.63, 3.8) is 0 Å². The summed E-state index contributed by atoms with van der Waals surface area (Å²) >= 11 is 0. The summed E-state index contributed by atoms with van der Waals surface area (Å²) < 4.78 is 9.38. The number of hydrogen-bond donors (Lipinski definition) is 1. The lowest BCUT2D eigenvalue weighted by Gasteiger charge is -2.27. The van der Waals surface area contributed by atoms with Crippen LogP contribution in [0.1, 0.15) is 50.4 Å².